The third kappa shape index (κ3) is 3.77. The van der Waals surface area contributed by atoms with E-state index in [0.717, 1.165) is 16.8 Å². The number of hydrogen-bond acceptors (Lipinski definition) is 4. The number of anilines is 2. The maximum Gasteiger partial charge on any atom is 0.524 e. The van der Waals surface area contributed by atoms with Crippen LogP contribution in [0.3, 0.4) is 0 Å². The molecule has 0 aliphatic carbocycles. The molecule has 3 aromatic rings. The first kappa shape index (κ1) is 17.3. The van der Waals surface area contributed by atoms with Gasteiger partial charge in [-0.25, -0.2) is 4.57 Å². The molecule has 0 bridgehead atoms. The summed E-state index contributed by atoms with van der Waals surface area (Å²) in [7, 11) is -4.83. The Balaban J connectivity index is 2.15. The molecule has 0 fully saturated rings. The topological polar surface area (TPSA) is 99.0 Å². The van der Waals surface area contributed by atoms with Gasteiger partial charge in [0.25, 0.3) is 0 Å². The Morgan fingerprint density at radius 2 is 1.72 bits per heavy atom. The fourth-order valence-corrected chi connectivity index (χ4v) is 3.13. The van der Waals surface area contributed by atoms with Gasteiger partial charge in [0.2, 0.25) is 0 Å². The lowest BCUT2D eigenvalue weighted by molar-refractivity contribution is 0.279. The summed E-state index contributed by atoms with van der Waals surface area (Å²) in [6.07, 6.45) is 0. The van der Waals surface area contributed by atoms with Crippen molar-refractivity contribution in [1.82, 2.24) is 0 Å². The van der Waals surface area contributed by atoms with Crippen molar-refractivity contribution in [2.45, 2.75) is 13.8 Å². The molecule has 7 heteroatoms. The summed E-state index contributed by atoms with van der Waals surface area (Å²) in [5.41, 5.74) is 3.16. The largest absolute Gasteiger partial charge is 0.524 e. The first-order valence-corrected chi connectivity index (χ1v) is 9.12. The van der Waals surface area contributed by atoms with Gasteiger partial charge in [-0.05, 0) is 36.9 Å². The smallest absolute Gasteiger partial charge is 0.503 e. The van der Waals surface area contributed by atoms with Crippen LogP contribution in [-0.4, -0.2) is 14.9 Å². The fraction of sp³-hybridized carbons (Fsp3) is 0.111. The van der Waals surface area contributed by atoms with Gasteiger partial charge in [0.1, 0.15) is 0 Å². The van der Waals surface area contributed by atoms with Crippen LogP contribution < -0.4 is 9.84 Å². The van der Waals surface area contributed by atoms with Crippen molar-refractivity contribution in [3.63, 3.8) is 0 Å². The number of phosphoric ester groups is 1. The molecule has 0 atom stereocenters. The molecule has 0 spiro atoms. The van der Waals surface area contributed by atoms with Gasteiger partial charge in [0.15, 0.2) is 11.5 Å². The summed E-state index contributed by atoms with van der Waals surface area (Å²) < 4.78 is 16.0. The maximum absolute atomic E-state index is 11.3. The van der Waals surface area contributed by atoms with Gasteiger partial charge >= 0.3 is 7.82 Å². The van der Waals surface area contributed by atoms with E-state index in [-0.39, 0.29) is 11.5 Å². The summed E-state index contributed by atoms with van der Waals surface area (Å²) in [6.45, 7) is 3.91. The molecule has 4 N–H and O–H groups in total. The number of phenols is 1. The van der Waals surface area contributed by atoms with E-state index < -0.39 is 7.82 Å². The highest BCUT2D eigenvalue weighted by Gasteiger charge is 2.23. The predicted molar refractivity (Wildman–Crippen MR) is 97.5 cm³/mol. The van der Waals surface area contributed by atoms with Gasteiger partial charge in [-0.15, -0.1) is 0 Å². The van der Waals surface area contributed by atoms with Crippen LogP contribution in [0.2, 0.25) is 0 Å². The molecule has 0 unspecified atom stereocenters. The number of hydrogen-bond donors (Lipinski definition) is 4. The Hall–Kier alpha value is -2.53. The van der Waals surface area contributed by atoms with Crippen molar-refractivity contribution < 1.29 is 24.0 Å². The van der Waals surface area contributed by atoms with Crippen molar-refractivity contribution >= 4 is 30.0 Å². The summed E-state index contributed by atoms with van der Waals surface area (Å²) in [6, 6.07) is 14.4. The number of aryl methyl sites for hydroxylation is 2. The Morgan fingerprint density at radius 3 is 2.40 bits per heavy atom. The molecule has 25 heavy (non-hydrogen) atoms. The van der Waals surface area contributed by atoms with Crippen LogP contribution in [0.1, 0.15) is 11.1 Å². The van der Waals surface area contributed by atoms with Crippen LogP contribution in [0.5, 0.6) is 11.5 Å². The van der Waals surface area contributed by atoms with E-state index in [2.05, 4.69) is 5.32 Å². The highest BCUT2D eigenvalue weighted by atomic mass is 31.2. The molecule has 0 aromatic heterocycles. The van der Waals surface area contributed by atoms with E-state index in [1.54, 1.807) is 30.3 Å². The lowest BCUT2D eigenvalue weighted by Gasteiger charge is -2.17. The van der Waals surface area contributed by atoms with Crippen LogP contribution >= 0.6 is 7.82 Å². The van der Waals surface area contributed by atoms with Crippen molar-refractivity contribution in [3.8, 4) is 11.5 Å². The van der Waals surface area contributed by atoms with Crippen LogP contribution in [0.4, 0.5) is 11.4 Å². The normalized spacial score (nSPS) is 11.5. The van der Waals surface area contributed by atoms with Crippen molar-refractivity contribution in [2.24, 2.45) is 0 Å². The molecule has 3 rings (SSSR count). The number of phosphoric acid groups is 1. The SMILES string of the molecule is Cc1ccc(Nc2cc3ccccc3c(OP(=O)(O)O)c2O)c(C)c1. The number of rotatable bonds is 4. The van der Waals surface area contributed by atoms with E-state index >= 15 is 0 Å². The van der Waals surface area contributed by atoms with Crippen LogP contribution in [0.15, 0.2) is 48.5 Å². The van der Waals surface area contributed by atoms with Crippen LogP contribution in [0.25, 0.3) is 10.8 Å². The molecule has 0 aliphatic rings. The van der Waals surface area contributed by atoms with Crippen LogP contribution in [-0.2, 0) is 4.57 Å². The van der Waals surface area contributed by atoms with Gasteiger partial charge in [-0.2, -0.15) is 0 Å². The van der Waals surface area contributed by atoms with Crippen molar-refractivity contribution in [1.29, 1.82) is 0 Å². The standard InChI is InChI=1S/C18H18NO5P/c1-11-7-8-15(12(2)9-11)19-16-10-13-5-3-4-6-14(13)18(17(16)20)24-25(21,22)23/h3-10,19-20H,1-2H3,(H2,21,22,23). The Morgan fingerprint density at radius 1 is 1.00 bits per heavy atom. The van der Waals surface area contributed by atoms with E-state index in [1.165, 1.54) is 0 Å². The van der Waals surface area contributed by atoms with Gasteiger partial charge in [-0.1, -0.05) is 42.0 Å². The fourth-order valence-electron chi connectivity index (χ4n) is 2.71. The quantitative estimate of drug-likeness (QED) is 0.408. The average Bonchev–Trinajstić information content (AvgIpc) is 2.53. The lowest BCUT2D eigenvalue weighted by atomic mass is 10.1. The molecule has 0 saturated carbocycles. The molecule has 0 amide bonds. The number of fused-ring (bicyclic) bond motifs is 1. The molecule has 6 nitrogen and oxygen atoms in total. The zero-order valence-electron chi connectivity index (χ0n) is 13.7. The lowest BCUT2D eigenvalue weighted by Crippen LogP contribution is -1.97. The van der Waals surface area contributed by atoms with Gasteiger partial charge < -0.3 is 14.9 Å². The summed E-state index contributed by atoms with van der Waals surface area (Å²) in [5, 5.41) is 14.7. The number of nitrogens with one attached hydrogen (secondary N) is 1. The number of benzene rings is 3. The summed E-state index contributed by atoms with van der Waals surface area (Å²) in [4.78, 5) is 18.3. The second-order valence-electron chi connectivity index (χ2n) is 5.85. The Kier molecular flexibility index (Phi) is 4.43. The second-order valence-corrected chi connectivity index (χ2v) is 7.01. The zero-order valence-corrected chi connectivity index (χ0v) is 14.6. The average molecular weight is 359 g/mol. The minimum Gasteiger partial charge on any atom is -0.503 e. The maximum atomic E-state index is 11.3. The first-order valence-electron chi connectivity index (χ1n) is 7.59. The molecule has 3 aromatic carbocycles. The minimum atomic E-state index is -4.83. The van der Waals surface area contributed by atoms with Gasteiger partial charge in [0, 0.05) is 11.1 Å². The third-order valence-corrected chi connectivity index (χ3v) is 4.26. The van der Waals surface area contributed by atoms with Crippen LogP contribution in [0, 0.1) is 13.8 Å². The van der Waals surface area contributed by atoms with Crippen molar-refractivity contribution in [2.75, 3.05) is 5.32 Å². The molecule has 0 heterocycles. The van der Waals surface area contributed by atoms with E-state index in [1.807, 2.05) is 32.0 Å². The van der Waals surface area contributed by atoms with E-state index in [9.17, 15) is 9.67 Å². The highest BCUT2D eigenvalue weighted by Crippen LogP contribution is 2.49. The third-order valence-electron chi connectivity index (χ3n) is 3.84. The second kappa shape index (κ2) is 6.41. The number of phenolic OH excluding ortho intramolecular Hbond substituents is 1. The van der Waals surface area contributed by atoms with Gasteiger partial charge in [-0.3, -0.25) is 9.79 Å². The molecule has 0 saturated heterocycles. The molecular weight excluding hydrogens is 341 g/mol. The molecular formula is C18H18NO5P. The molecule has 130 valence electrons. The monoisotopic (exact) mass is 359 g/mol. The predicted octanol–water partition coefficient (Wildman–Crippen LogP) is 4.38. The Bertz CT molecular complexity index is 996. The van der Waals surface area contributed by atoms with E-state index in [0.29, 0.717) is 16.5 Å². The Labute approximate surface area is 144 Å². The van der Waals surface area contributed by atoms with Crippen molar-refractivity contribution in [3.05, 3.63) is 59.7 Å². The summed E-state index contributed by atoms with van der Waals surface area (Å²) >= 11 is 0. The minimum absolute atomic E-state index is 0.251. The number of aromatic hydroxyl groups is 1. The molecule has 0 radical (unpaired) electrons. The first-order chi connectivity index (χ1) is 11.7. The van der Waals surface area contributed by atoms with E-state index in [4.69, 9.17) is 14.3 Å². The summed E-state index contributed by atoms with van der Waals surface area (Å²) in [5.74, 6) is -0.610. The highest BCUT2D eigenvalue weighted by molar-refractivity contribution is 7.46. The van der Waals surface area contributed by atoms with Gasteiger partial charge in [0.05, 0.1) is 5.69 Å². The molecule has 0 aliphatic heterocycles. The zero-order chi connectivity index (χ0) is 18.2.